The first-order chi connectivity index (χ1) is 14.0. The van der Waals surface area contributed by atoms with Crippen LogP contribution in [0.15, 0.2) is 12.7 Å². The zero-order chi connectivity index (χ0) is 21.1. The molecular weight excluding hydrogens is 372 g/mol. The Kier molecular flexibility index (Phi) is 10.2. The van der Waals surface area contributed by atoms with Gasteiger partial charge in [-0.05, 0) is 83.0 Å². The van der Waals surface area contributed by atoms with E-state index >= 15 is 0 Å². The minimum Gasteiger partial charge on any atom is -0.466 e. The first-order valence-electron chi connectivity index (χ1n) is 11.2. The number of hydrogen-bond acceptors (Lipinski definition) is 6. The molecular formula is C23H36O6. The Morgan fingerprint density at radius 2 is 1.21 bits per heavy atom. The van der Waals surface area contributed by atoms with Crippen LogP contribution in [-0.2, 0) is 28.6 Å². The van der Waals surface area contributed by atoms with Crippen molar-refractivity contribution in [2.45, 2.75) is 71.1 Å². The summed E-state index contributed by atoms with van der Waals surface area (Å²) >= 11 is 0. The molecule has 0 aromatic heterocycles. The van der Waals surface area contributed by atoms with Crippen LogP contribution in [0.25, 0.3) is 0 Å². The lowest BCUT2D eigenvalue weighted by atomic mass is 9.69. The first-order valence-corrected chi connectivity index (χ1v) is 11.2. The van der Waals surface area contributed by atoms with Crippen molar-refractivity contribution in [1.82, 2.24) is 0 Å². The average molecular weight is 409 g/mol. The summed E-state index contributed by atoms with van der Waals surface area (Å²) in [6.07, 6.45) is 10.5. The predicted octanol–water partition coefficient (Wildman–Crippen LogP) is 4.21. The van der Waals surface area contributed by atoms with Crippen LogP contribution in [0.2, 0.25) is 0 Å². The standard InChI is InChI=1S/C23H36O6/c1-3-21(24)28-15-5-6-16-29-23(26)20-13-9-18(10-14-20)17-7-11-19(12-8-17)22(25)27-4-2/h3,17-20H,1,4-16H2,2H3. The third kappa shape index (κ3) is 7.82. The molecule has 0 aromatic carbocycles. The minimum absolute atomic E-state index is 0.0146. The van der Waals surface area contributed by atoms with Crippen molar-refractivity contribution in [3.05, 3.63) is 12.7 Å². The smallest absolute Gasteiger partial charge is 0.330 e. The molecule has 2 saturated carbocycles. The monoisotopic (exact) mass is 408 g/mol. The maximum atomic E-state index is 12.3. The number of carbonyl (C=O) groups excluding carboxylic acids is 3. The molecule has 0 unspecified atom stereocenters. The summed E-state index contributed by atoms with van der Waals surface area (Å²) < 4.78 is 15.5. The molecule has 0 amide bonds. The Balaban J connectivity index is 1.58. The minimum atomic E-state index is -0.423. The van der Waals surface area contributed by atoms with Crippen molar-refractivity contribution in [2.75, 3.05) is 19.8 Å². The maximum Gasteiger partial charge on any atom is 0.330 e. The summed E-state index contributed by atoms with van der Waals surface area (Å²) in [5.74, 6) is 0.901. The van der Waals surface area contributed by atoms with Crippen LogP contribution in [-0.4, -0.2) is 37.7 Å². The lowest BCUT2D eigenvalue weighted by Gasteiger charge is -2.36. The number of carbonyl (C=O) groups is 3. The molecule has 164 valence electrons. The molecule has 0 aromatic rings. The van der Waals surface area contributed by atoms with E-state index in [9.17, 15) is 14.4 Å². The summed E-state index contributed by atoms with van der Waals surface area (Å²) in [6.45, 7) is 6.36. The normalized spacial score (nSPS) is 26.9. The molecule has 0 heterocycles. The molecule has 0 N–H and O–H groups in total. The molecule has 29 heavy (non-hydrogen) atoms. The van der Waals surface area contributed by atoms with Crippen LogP contribution >= 0.6 is 0 Å². The lowest BCUT2D eigenvalue weighted by molar-refractivity contribution is -0.151. The van der Waals surface area contributed by atoms with E-state index in [-0.39, 0.29) is 23.8 Å². The second-order valence-corrected chi connectivity index (χ2v) is 8.22. The van der Waals surface area contributed by atoms with Crippen molar-refractivity contribution < 1.29 is 28.6 Å². The summed E-state index contributed by atoms with van der Waals surface area (Å²) in [5.41, 5.74) is 0. The number of esters is 3. The van der Waals surface area contributed by atoms with Gasteiger partial charge in [-0.15, -0.1) is 0 Å². The van der Waals surface area contributed by atoms with E-state index in [0.717, 1.165) is 57.4 Å². The molecule has 0 aliphatic heterocycles. The van der Waals surface area contributed by atoms with Crippen LogP contribution in [0.1, 0.15) is 71.1 Å². The average Bonchev–Trinajstić information content (AvgIpc) is 2.76. The Hall–Kier alpha value is -1.85. The fourth-order valence-electron chi connectivity index (χ4n) is 4.64. The predicted molar refractivity (Wildman–Crippen MR) is 109 cm³/mol. The van der Waals surface area contributed by atoms with Gasteiger partial charge >= 0.3 is 17.9 Å². The van der Waals surface area contributed by atoms with E-state index in [1.54, 1.807) is 0 Å². The third-order valence-electron chi connectivity index (χ3n) is 6.36. The van der Waals surface area contributed by atoms with Gasteiger partial charge in [0, 0.05) is 6.08 Å². The fourth-order valence-corrected chi connectivity index (χ4v) is 4.64. The molecule has 0 radical (unpaired) electrons. The van der Waals surface area contributed by atoms with Gasteiger partial charge in [0.25, 0.3) is 0 Å². The van der Waals surface area contributed by atoms with Gasteiger partial charge in [0.2, 0.25) is 0 Å². The van der Waals surface area contributed by atoms with Gasteiger partial charge in [0.15, 0.2) is 0 Å². The molecule has 0 atom stereocenters. The molecule has 2 aliphatic carbocycles. The number of rotatable bonds is 10. The highest BCUT2D eigenvalue weighted by molar-refractivity contribution is 5.81. The Labute approximate surface area is 174 Å². The second-order valence-electron chi connectivity index (χ2n) is 8.22. The molecule has 6 heteroatoms. The van der Waals surface area contributed by atoms with Gasteiger partial charge in [0.1, 0.15) is 0 Å². The van der Waals surface area contributed by atoms with E-state index in [1.165, 1.54) is 0 Å². The highest BCUT2D eigenvalue weighted by Crippen LogP contribution is 2.41. The molecule has 0 bridgehead atoms. The van der Waals surface area contributed by atoms with Gasteiger partial charge in [-0.3, -0.25) is 9.59 Å². The molecule has 2 fully saturated rings. The highest BCUT2D eigenvalue weighted by atomic mass is 16.5. The van der Waals surface area contributed by atoms with E-state index in [0.29, 0.717) is 44.5 Å². The fraction of sp³-hybridized carbons (Fsp3) is 0.783. The Bertz CT molecular complexity index is 542. The number of unbranched alkanes of at least 4 members (excludes halogenated alkanes) is 1. The van der Waals surface area contributed by atoms with Crippen LogP contribution in [0, 0.1) is 23.7 Å². The van der Waals surface area contributed by atoms with Crippen molar-refractivity contribution in [3.63, 3.8) is 0 Å². The molecule has 2 rings (SSSR count). The van der Waals surface area contributed by atoms with Gasteiger partial charge in [-0.1, -0.05) is 6.58 Å². The van der Waals surface area contributed by atoms with Crippen LogP contribution in [0.3, 0.4) is 0 Å². The lowest BCUT2D eigenvalue weighted by Crippen LogP contribution is -2.31. The van der Waals surface area contributed by atoms with Gasteiger partial charge in [0.05, 0.1) is 31.7 Å². The van der Waals surface area contributed by atoms with Crippen molar-refractivity contribution in [1.29, 1.82) is 0 Å². The quantitative estimate of drug-likeness (QED) is 0.233. The Morgan fingerprint density at radius 3 is 1.66 bits per heavy atom. The maximum absolute atomic E-state index is 12.3. The molecule has 0 saturated heterocycles. The molecule has 2 aliphatic rings. The summed E-state index contributed by atoms with van der Waals surface area (Å²) in [7, 11) is 0. The summed E-state index contributed by atoms with van der Waals surface area (Å²) in [4.78, 5) is 35.1. The van der Waals surface area contributed by atoms with E-state index < -0.39 is 5.97 Å². The summed E-state index contributed by atoms with van der Waals surface area (Å²) in [5, 5.41) is 0. The van der Waals surface area contributed by atoms with Crippen LogP contribution < -0.4 is 0 Å². The first kappa shape index (κ1) is 23.4. The van der Waals surface area contributed by atoms with Gasteiger partial charge < -0.3 is 14.2 Å². The zero-order valence-electron chi connectivity index (χ0n) is 17.7. The van der Waals surface area contributed by atoms with Crippen LogP contribution in [0.5, 0.6) is 0 Å². The number of ether oxygens (including phenoxy) is 3. The third-order valence-corrected chi connectivity index (χ3v) is 6.36. The van der Waals surface area contributed by atoms with E-state index in [2.05, 4.69) is 6.58 Å². The topological polar surface area (TPSA) is 78.9 Å². The largest absolute Gasteiger partial charge is 0.466 e. The van der Waals surface area contributed by atoms with Crippen LogP contribution in [0.4, 0.5) is 0 Å². The van der Waals surface area contributed by atoms with Crippen molar-refractivity contribution >= 4 is 17.9 Å². The van der Waals surface area contributed by atoms with Gasteiger partial charge in [-0.25, -0.2) is 4.79 Å². The molecule has 0 spiro atoms. The van der Waals surface area contributed by atoms with E-state index in [1.807, 2.05) is 6.92 Å². The number of hydrogen-bond donors (Lipinski definition) is 0. The SMILES string of the molecule is C=CC(=O)OCCCCOC(=O)C1CCC(C2CCC(C(=O)OCC)CC2)CC1. The van der Waals surface area contributed by atoms with Crippen molar-refractivity contribution in [3.8, 4) is 0 Å². The molecule has 6 nitrogen and oxygen atoms in total. The Morgan fingerprint density at radius 1 is 0.759 bits per heavy atom. The second kappa shape index (κ2) is 12.7. The van der Waals surface area contributed by atoms with Crippen molar-refractivity contribution in [2.24, 2.45) is 23.7 Å². The van der Waals surface area contributed by atoms with E-state index in [4.69, 9.17) is 14.2 Å². The van der Waals surface area contributed by atoms with Gasteiger partial charge in [-0.2, -0.15) is 0 Å². The summed E-state index contributed by atoms with van der Waals surface area (Å²) in [6, 6.07) is 0. The highest BCUT2D eigenvalue weighted by Gasteiger charge is 2.35. The zero-order valence-corrected chi connectivity index (χ0v) is 17.7.